The van der Waals surface area contributed by atoms with Crippen LogP contribution in [0.2, 0.25) is 0 Å². The molecule has 2 aliphatic rings. The Kier molecular flexibility index (Phi) is 9.38. The Morgan fingerprint density at radius 2 is 1.91 bits per heavy atom. The minimum Gasteiger partial charge on any atom is -0.488 e. The van der Waals surface area contributed by atoms with Crippen LogP contribution < -0.4 is 9.64 Å². The number of fused-ring (bicyclic) bond motifs is 1. The Labute approximate surface area is 207 Å². The molecule has 0 saturated carbocycles. The highest BCUT2D eigenvalue weighted by Crippen LogP contribution is 2.37. The maximum absolute atomic E-state index is 14.9. The van der Waals surface area contributed by atoms with Crippen molar-refractivity contribution >= 4 is 25.3 Å². The van der Waals surface area contributed by atoms with E-state index < -0.39 is 11.6 Å². The number of nitrogens with zero attached hydrogens (tertiary/aromatic N) is 4. The number of anilines is 1. The molecule has 1 aromatic carbocycles. The number of aryl methyl sites for hydroxylation is 1. The molecule has 1 aromatic heterocycles. The van der Waals surface area contributed by atoms with Gasteiger partial charge in [0, 0.05) is 38.6 Å². The molecule has 34 heavy (non-hydrogen) atoms. The molecule has 1 fully saturated rings. The fourth-order valence-electron chi connectivity index (χ4n) is 4.77. The monoisotopic (exact) mass is 508 g/mol. The van der Waals surface area contributed by atoms with Gasteiger partial charge in [0.15, 0.2) is 17.4 Å². The molecule has 0 N–H and O–H groups in total. The van der Waals surface area contributed by atoms with Crippen molar-refractivity contribution in [1.29, 1.82) is 0 Å². The van der Waals surface area contributed by atoms with Crippen molar-refractivity contribution in [1.82, 2.24) is 14.3 Å². The summed E-state index contributed by atoms with van der Waals surface area (Å²) in [5.41, 5.74) is 2.53. The van der Waals surface area contributed by atoms with Crippen molar-refractivity contribution in [3.05, 3.63) is 46.8 Å². The summed E-state index contributed by atoms with van der Waals surface area (Å²) in [4.78, 5) is 11.3. The second-order valence-electron chi connectivity index (χ2n) is 9.07. The summed E-state index contributed by atoms with van der Waals surface area (Å²) in [5.74, 6) is 0.228. The number of rotatable bonds is 10. The van der Waals surface area contributed by atoms with Crippen LogP contribution in [0.25, 0.3) is 0 Å². The number of halogens is 2. The Hall–Kier alpha value is -1.50. The molecule has 4 rings (SSSR count). The van der Waals surface area contributed by atoms with Crippen LogP contribution in [-0.4, -0.2) is 47.2 Å². The number of hydrogen-bond donors (Lipinski definition) is 0. The zero-order valence-electron chi connectivity index (χ0n) is 20.2. The number of aromatic nitrogens is 2. The van der Waals surface area contributed by atoms with E-state index in [9.17, 15) is 8.78 Å². The molecule has 5 nitrogen and oxygen atoms in total. The maximum Gasteiger partial charge on any atom is 0.225 e. The van der Waals surface area contributed by atoms with Crippen molar-refractivity contribution in [2.75, 3.05) is 37.8 Å². The van der Waals surface area contributed by atoms with Gasteiger partial charge in [0.05, 0.1) is 6.61 Å². The minimum atomic E-state index is -0.580. The van der Waals surface area contributed by atoms with Gasteiger partial charge in [0.25, 0.3) is 0 Å². The van der Waals surface area contributed by atoms with E-state index in [-0.39, 0.29) is 5.75 Å². The molecule has 0 amide bonds. The van der Waals surface area contributed by atoms with Gasteiger partial charge in [-0.2, -0.15) is 0 Å². The lowest BCUT2D eigenvalue weighted by Gasteiger charge is -2.32. The minimum absolute atomic E-state index is 0.195. The van der Waals surface area contributed by atoms with E-state index in [4.69, 9.17) is 4.74 Å². The van der Waals surface area contributed by atoms with E-state index in [0.717, 1.165) is 83.0 Å². The summed E-state index contributed by atoms with van der Waals surface area (Å²) in [7, 11) is 0.733. The molecule has 1 atom stereocenters. The highest BCUT2D eigenvalue weighted by molar-refractivity contribution is 8.48. The summed E-state index contributed by atoms with van der Waals surface area (Å²) in [6.45, 7) is 7.90. The van der Waals surface area contributed by atoms with Gasteiger partial charge in [0.2, 0.25) is 5.95 Å². The lowest BCUT2D eigenvalue weighted by Crippen LogP contribution is -2.34. The van der Waals surface area contributed by atoms with Crippen LogP contribution in [0.5, 0.6) is 5.75 Å². The van der Waals surface area contributed by atoms with Crippen LogP contribution in [0.3, 0.4) is 0 Å². The summed E-state index contributed by atoms with van der Waals surface area (Å²) >= 11 is 1.74. The van der Waals surface area contributed by atoms with Crippen LogP contribution in [0.15, 0.2) is 18.5 Å². The second-order valence-corrected chi connectivity index (χ2v) is 11.9. The number of benzene rings is 1. The van der Waals surface area contributed by atoms with Crippen LogP contribution in [-0.2, 0) is 19.4 Å². The highest BCUT2D eigenvalue weighted by atomic mass is 32.7. The standard InChI is InChI=1S/C25H35F2N4OPS/c1-3-18-15-28-25(29-16-18)30-10-7-19(8-11-30)6-4-5-13-32-24-22(26)14-20-17-31(34-33-2)12-9-21(20)23(24)27/h14-16,19,33H,3-13,17H2,1-2H3. The molecular weight excluding hydrogens is 473 g/mol. The Morgan fingerprint density at radius 3 is 2.62 bits per heavy atom. The van der Waals surface area contributed by atoms with Gasteiger partial charge in [-0.15, -0.1) is 0 Å². The number of hydrogen-bond acceptors (Lipinski definition) is 6. The van der Waals surface area contributed by atoms with E-state index in [1.54, 1.807) is 11.6 Å². The van der Waals surface area contributed by atoms with Crippen molar-refractivity contribution in [3.8, 4) is 5.75 Å². The first-order chi connectivity index (χ1) is 16.6. The normalized spacial score (nSPS) is 17.5. The zero-order chi connectivity index (χ0) is 23.9. The van der Waals surface area contributed by atoms with Gasteiger partial charge in [-0.05, 0) is 81.6 Å². The molecule has 3 heterocycles. The van der Waals surface area contributed by atoms with Crippen molar-refractivity contribution in [3.63, 3.8) is 0 Å². The molecule has 1 saturated heterocycles. The van der Waals surface area contributed by atoms with Crippen LogP contribution in [0.1, 0.15) is 55.7 Å². The van der Waals surface area contributed by atoms with Crippen molar-refractivity contribution in [2.24, 2.45) is 5.92 Å². The summed E-state index contributed by atoms with van der Waals surface area (Å²) in [5, 5.41) is 0. The molecule has 2 aliphatic heterocycles. The lowest BCUT2D eigenvalue weighted by molar-refractivity contribution is 0.265. The summed E-state index contributed by atoms with van der Waals surface area (Å²) in [6.07, 6.45) is 10.6. The third-order valence-corrected chi connectivity index (χ3v) is 8.87. The first-order valence-electron chi connectivity index (χ1n) is 12.4. The molecular formula is C25H35F2N4OPS. The lowest BCUT2D eigenvalue weighted by atomic mass is 9.92. The van der Waals surface area contributed by atoms with Crippen LogP contribution in [0.4, 0.5) is 14.7 Å². The molecule has 0 spiro atoms. The quantitative estimate of drug-likeness (QED) is 0.222. The second kappa shape index (κ2) is 12.5. The summed E-state index contributed by atoms with van der Waals surface area (Å²) < 4.78 is 37.3. The van der Waals surface area contributed by atoms with Gasteiger partial charge in [0.1, 0.15) is 0 Å². The first kappa shape index (κ1) is 25.6. The molecule has 9 heteroatoms. The Bertz CT molecular complexity index is 942. The summed E-state index contributed by atoms with van der Waals surface area (Å²) in [6, 6.07) is 1.46. The van der Waals surface area contributed by atoms with Gasteiger partial charge < -0.3 is 9.64 Å². The smallest absolute Gasteiger partial charge is 0.225 e. The van der Waals surface area contributed by atoms with Crippen LogP contribution >= 0.6 is 19.4 Å². The maximum atomic E-state index is 14.9. The van der Waals surface area contributed by atoms with Crippen LogP contribution in [0, 0.1) is 17.6 Å². The highest BCUT2D eigenvalue weighted by Gasteiger charge is 2.25. The number of ether oxygens (including phenoxy) is 1. The van der Waals surface area contributed by atoms with E-state index in [1.165, 1.54) is 6.07 Å². The third kappa shape index (κ3) is 6.38. The number of piperidine rings is 1. The molecule has 0 radical (unpaired) electrons. The molecule has 0 bridgehead atoms. The third-order valence-electron chi connectivity index (χ3n) is 6.80. The average Bonchev–Trinajstić information content (AvgIpc) is 2.86. The largest absolute Gasteiger partial charge is 0.488 e. The van der Waals surface area contributed by atoms with Crippen molar-refractivity contribution < 1.29 is 13.5 Å². The number of unbranched alkanes of at least 4 members (excludes halogenated alkanes) is 1. The fourth-order valence-corrected chi connectivity index (χ4v) is 6.66. The molecule has 0 aliphatic carbocycles. The molecule has 186 valence electrons. The van der Waals surface area contributed by atoms with E-state index in [1.807, 2.05) is 12.4 Å². The predicted octanol–water partition coefficient (Wildman–Crippen LogP) is 6.01. The van der Waals surface area contributed by atoms with E-state index >= 15 is 0 Å². The zero-order valence-corrected chi connectivity index (χ0v) is 22.0. The average molecular weight is 509 g/mol. The van der Waals surface area contributed by atoms with E-state index in [2.05, 4.69) is 32.8 Å². The van der Waals surface area contributed by atoms with Gasteiger partial charge in [-0.1, -0.05) is 24.9 Å². The molecule has 2 aromatic rings. The SMILES string of the molecule is CCc1cnc(N2CCC(CCCCOc3c(F)cc4c(c3F)CCN(SPC)C4)CC2)nc1. The first-order valence-corrected chi connectivity index (χ1v) is 15.4. The predicted molar refractivity (Wildman–Crippen MR) is 138 cm³/mol. The van der Waals surface area contributed by atoms with Gasteiger partial charge >= 0.3 is 0 Å². The Morgan fingerprint density at radius 1 is 1.15 bits per heavy atom. The fraction of sp³-hybridized carbons (Fsp3) is 0.600. The molecule has 1 unspecified atom stereocenters. The Balaban J connectivity index is 1.18. The topological polar surface area (TPSA) is 41.5 Å². The van der Waals surface area contributed by atoms with Crippen molar-refractivity contribution in [2.45, 2.75) is 58.4 Å². The van der Waals surface area contributed by atoms with Gasteiger partial charge in [-0.3, -0.25) is 0 Å². The van der Waals surface area contributed by atoms with Gasteiger partial charge in [-0.25, -0.2) is 23.1 Å². The van der Waals surface area contributed by atoms with E-state index in [0.29, 0.717) is 31.1 Å².